The summed E-state index contributed by atoms with van der Waals surface area (Å²) in [5.74, 6) is 1.34. The zero-order chi connectivity index (χ0) is 14.8. The van der Waals surface area contributed by atoms with Crippen LogP contribution in [0.2, 0.25) is 0 Å². The van der Waals surface area contributed by atoms with Crippen molar-refractivity contribution in [2.24, 2.45) is 11.1 Å². The summed E-state index contributed by atoms with van der Waals surface area (Å²) in [5.41, 5.74) is 5.00. The van der Waals surface area contributed by atoms with Gasteiger partial charge in [-0.3, -0.25) is 4.79 Å². The fourth-order valence-corrected chi connectivity index (χ4v) is 2.89. The highest BCUT2D eigenvalue weighted by Crippen LogP contribution is 2.36. The average Bonchev–Trinajstić information content (AvgIpc) is 2.81. The molecule has 1 atom stereocenters. The second-order valence-electron chi connectivity index (χ2n) is 5.38. The van der Waals surface area contributed by atoms with E-state index in [1.54, 1.807) is 0 Å². The molecule has 0 spiro atoms. The van der Waals surface area contributed by atoms with Crippen LogP contribution in [0.15, 0.2) is 10.8 Å². The van der Waals surface area contributed by atoms with Crippen molar-refractivity contribution in [3.8, 4) is 0 Å². The molecule has 1 saturated heterocycles. The lowest BCUT2D eigenvalue weighted by molar-refractivity contribution is -0.125. The van der Waals surface area contributed by atoms with E-state index in [4.69, 9.17) is 5.73 Å². The van der Waals surface area contributed by atoms with Crippen molar-refractivity contribution in [2.45, 2.75) is 26.7 Å². The van der Waals surface area contributed by atoms with Gasteiger partial charge in [-0.15, -0.1) is 0 Å². The molecule has 0 radical (unpaired) electrons. The summed E-state index contributed by atoms with van der Waals surface area (Å²) in [6.07, 6.45) is 3.31. The number of carbonyl (C=O) groups is 1. The number of carbonyl (C=O) groups excluding carboxylic acids is 1. The van der Waals surface area contributed by atoms with E-state index < -0.39 is 5.41 Å². The van der Waals surface area contributed by atoms with Gasteiger partial charge in [0, 0.05) is 19.6 Å². The fourth-order valence-electron chi connectivity index (χ4n) is 2.29. The number of nitrogens with two attached hydrogens (primary N) is 1. The van der Waals surface area contributed by atoms with E-state index in [-0.39, 0.29) is 5.91 Å². The first-order valence-electron chi connectivity index (χ1n) is 6.77. The summed E-state index contributed by atoms with van der Waals surface area (Å²) in [6.45, 7) is 6.21. The molecular formula is C13H20BrN5O. The van der Waals surface area contributed by atoms with E-state index in [1.165, 1.54) is 6.33 Å². The van der Waals surface area contributed by atoms with Crippen molar-refractivity contribution < 1.29 is 4.79 Å². The van der Waals surface area contributed by atoms with E-state index in [0.29, 0.717) is 6.54 Å². The van der Waals surface area contributed by atoms with Crippen LogP contribution in [0.1, 0.15) is 26.7 Å². The number of amides is 1. The third-order valence-electron chi connectivity index (χ3n) is 3.68. The largest absolute Gasteiger partial charge is 0.369 e. The molecule has 0 saturated carbocycles. The van der Waals surface area contributed by atoms with Gasteiger partial charge in [0.2, 0.25) is 5.91 Å². The quantitative estimate of drug-likeness (QED) is 0.852. The number of anilines is 2. The first kappa shape index (κ1) is 15.0. The van der Waals surface area contributed by atoms with Crippen molar-refractivity contribution in [3.05, 3.63) is 10.8 Å². The third-order valence-corrected chi connectivity index (χ3v) is 4.41. The van der Waals surface area contributed by atoms with Gasteiger partial charge in [-0.1, -0.05) is 6.92 Å². The Morgan fingerprint density at radius 2 is 2.35 bits per heavy atom. The first-order valence-corrected chi connectivity index (χ1v) is 7.56. The highest BCUT2D eigenvalue weighted by molar-refractivity contribution is 9.10. The molecule has 1 aromatic heterocycles. The second-order valence-corrected chi connectivity index (χ2v) is 6.18. The molecule has 6 nitrogen and oxygen atoms in total. The van der Waals surface area contributed by atoms with Gasteiger partial charge in [0.25, 0.3) is 0 Å². The monoisotopic (exact) mass is 341 g/mol. The molecule has 0 bridgehead atoms. The SMILES string of the molecule is CCCNc1ncnc(N2CCC(C)(C(N)=O)C2)c1Br. The molecule has 20 heavy (non-hydrogen) atoms. The van der Waals surface area contributed by atoms with Gasteiger partial charge in [-0.2, -0.15) is 0 Å². The molecule has 3 N–H and O–H groups in total. The van der Waals surface area contributed by atoms with E-state index in [2.05, 4.69) is 43.0 Å². The lowest BCUT2D eigenvalue weighted by atomic mass is 9.89. The number of halogens is 1. The number of hydrogen-bond acceptors (Lipinski definition) is 5. The van der Waals surface area contributed by atoms with Gasteiger partial charge in [0.15, 0.2) is 0 Å². The number of nitrogens with one attached hydrogen (secondary N) is 1. The lowest BCUT2D eigenvalue weighted by Crippen LogP contribution is -2.37. The Morgan fingerprint density at radius 1 is 1.60 bits per heavy atom. The van der Waals surface area contributed by atoms with Gasteiger partial charge in [-0.05, 0) is 35.7 Å². The average molecular weight is 342 g/mol. The Bertz CT molecular complexity index is 510. The molecular weight excluding hydrogens is 322 g/mol. The lowest BCUT2D eigenvalue weighted by Gasteiger charge is -2.23. The summed E-state index contributed by atoms with van der Waals surface area (Å²) >= 11 is 3.55. The van der Waals surface area contributed by atoms with Crippen molar-refractivity contribution in [1.82, 2.24) is 9.97 Å². The highest BCUT2D eigenvalue weighted by Gasteiger charge is 2.40. The number of nitrogens with zero attached hydrogens (tertiary/aromatic N) is 3. The normalized spacial score (nSPS) is 22.1. The summed E-state index contributed by atoms with van der Waals surface area (Å²) in [4.78, 5) is 22.2. The molecule has 2 rings (SSSR count). The summed E-state index contributed by atoms with van der Waals surface area (Å²) in [7, 11) is 0. The number of aromatic nitrogens is 2. The molecule has 1 aromatic rings. The fraction of sp³-hybridized carbons (Fsp3) is 0.615. The molecule has 2 heterocycles. The maximum Gasteiger partial charge on any atom is 0.225 e. The van der Waals surface area contributed by atoms with Gasteiger partial charge >= 0.3 is 0 Å². The molecule has 1 aliphatic rings. The Labute approximate surface area is 127 Å². The van der Waals surface area contributed by atoms with Crippen molar-refractivity contribution in [1.29, 1.82) is 0 Å². The third kappa shape index (κ3) is 2.87. The van der Waals surface area contributed by atoms with Crippen LogP contribution in [-0.4, -0.2) is 35.5 Å². The molecule has 1 fully saturated rings. The van der Waals surface area contributed by atoms with Crippen molar-refractivity contribution in [3.63, 3.8) is 0 Å². The zero-order valence-electron chi connectivity index (χ0n) is 11.8. The molecule has 0 aliphatic carbocycles. The minimum Gasteiger partial charge on any atom is -0.369 e. The molecule has 1 unspecified atom stereocenters. The molecule has 110 valence electrons. The number of rotatable bonds is 5. The minimum absolute atomic E-state index is 0.255. The van der Waals surface area contributed by atoms with E-state index in [0.717, 1.165) is 42.0 Å². The van der Waals surface area contributed by atoms with E-state index >= 15 is 0 Å². The Balaban J connectivity index is 2.20. The van der Waals surface area contributed by atoms with Crippen LogP contribution in [0.5, 0.6) is 0 Å². The van der Waals surface area contributed by atoms with Crippen LogP contribution in [0, 0.1) is 5.41 Å². The van der Waals surface area contributed by atoms with Gasteiger partial charge in [0.1, 0.15) is 22.4 Å². The predicted molar refractivity (Wildman–Crippen MR) is 82.6 cm³/mol. The molecule has 1 amide bonds. The van der Waals surface area contributed by atoms with Gasteiger partial charge in [0.05, 0.1) is 5.41 Å². The smallest absolute Gasteiger partial charge is 0.225 e. The minimum atomic E-state index is -0.485. The maximum atomic E-state index is 11.5. The van der Waals surface area contributed by atoms with Gasteiger partial charge in [-0.25, -0.2) is 9.97 Å². The topological polar surface area (TPSA) is 84.1 Å². The standard InChI is InChI=1S/C13H20BrN5O/c1-3-5-16-10-9(14)11(18-8-17-10)19-6-4-13(2,7-19)12(15)20/h8H,3-7H2,1-2H3,(H2,15,20)(H,16,17,18). The number of primary amides is 1. The Kier molecular flexibility index (Phi) is 4.47. The summed E-state index contributed by atoms with van der Waals surface area (Å²) in [6, 6.07) is 0. The Morgan fingerprint density at radius 3 is 2.95 bits per heavy atom. The van der Waals surface area contributed by atoms with Gasteiger partial charge < -0.3 is 16.0 Å². The predicted octanol–water partition coefficient (Wildman–Crippen LogP) is 1.76. The van der Waals surface area contributed by atoms with Crippen molar-refractivity contribution >= 4 is 33.5 Å². The van der Waals surface area contributed by atoms with Crippen LogP contribution >= 0.6 is 15.9 Å². The zero-order valence-corrected chi connectivity index (χ0v) is 13.4. The summed E-state index contributed by atoms with van der Waals surface area (Å²) in [5, 5.41) is 3.25. The second kappa shape index (κ2) is 5.95. The van der Waals surface area contributed by atoms with E-state index in [9.17, 15) is 4.79 Å². The highest BCUT2D eigenvalue weighted by atomic mass is 79.9. The molecule has 7 heteroatoms. The number of hydrogen-bond donors (Lipinski definition) is 2. The van der Waals surface area contributed by atoms with Crippen LogP contribution < -0.4 is 16.0 Å². The van der Waals surface area contributed by atoms with Crippen LogP contribution in [-0.2, 0) is 4.79 Å². The van der Waals surface area contributed by atoms with Crippen LogP contribution in [0.3, 0.4) is 0 Å². The maximum absolute atomic E-state index is 11.5. The van der Waals surface area contributed by atoms with Crippen LogP contribution in [0.4, 0.5) is 11.6 Å². The summed E-state index contributed by atoms with van der Waals surface area (Å²) < 4.78 is 0.835. The van der Waals surface area contributed by atoms with Crippen LogP contribution in [0.25, 0.3) is 0 Å². The van der Waals surface area contributed by atoms with Crippen molar-refractivity contribution in [2.75, 3.05) is 29.9 Å². The molecule has 1 aliphatic heterocycles. The Hall–Kier alpha value is -1.37. The van der Waals surface area contributed by atoms with E-state index in [1.807, 2.05) is 6.92 Å². The molecule has 0 aromatic carbocycles. The first-order chi connectivity index (χ1) is 9.48.